The molecule has 82 valence electrons. The summed E-state index contributed by atoms with van der Waals surface area (Å²) < 4.78 is 0. The van der Waals surface area contributed by atoms with Crippen LogP contribution in [0.2, 0.25) is 0 Å². The van der Waals surface area contributed by atoms with E-state index in [2.05, 4.69) is 18.7 Å². The molecule has 3 nitrogen and oxygen atoms in total. The van der Waals surface area contributed by atoms with E-state index in [1.807, 2.05) is 0 Å². The zero-order valence-electron chi connectivity index (χ0n) is 9.20. The summed E-state index contributed by atoms with van der Waals surface area (Å²) in [5.74, 6) is 0.360. The summed E-state index contributed by atoms with van der Waals surface area (Å²) in [6.45, 7) is 4.92. The van der Waals surface area contributed by atoms with E-state index in [1.165, 1.54) is 0 Å². The lowest BCUT2D eigenvalue weighted by molar-refractivity contribution is -0.127. The van der Waals surface area contributed by atoms with Gasteiger partial charge in [-0.1, -0.05) is 6.42 Å². The van der Waals surface area contributed by atoms with Crippen LogP contribution in [0.3, 0.4) is 0 Å². The number of nitrogens with zero attached hydrogens (tertiary/aromatic N) is 1. The summed E-state index contributed by atoms with van der Waals surface area (Å²) >= 11 is 0. The van der Waals surface area contributed by atoms with Crippen LogP contribution in [0.5, 0.6) is 0 Å². The van der Waals surface area contributed by atoms with Gasteiger partial charge in [-0.3, -0.25) is 9.69 Å². The van der Waals surface area contributed by atoms with Crippen molar-refractivity contribution in [3.63, 3.8) is 0 Å². The van der Waals surface area contributed by atoms with E-state index in [-0.39, 0.29) is 12.6 Å². The smallest absolute Gasteiger partial charge is 0.149 e. The Morgan fingerprint density at radius 2 is 2.21 bits per heavy atom. The number of hydrogen-bond donors (Lipinski definition) is 1. The van der Waals surface area contributed by atoms with Crippen LogP contribution in [0, 0.1) is 0 Å². The number of rotatable bonds is 4. The van der Waals surface area contributed by atoms with E-state index in [4.69, 9.17) is 5.11 Å². The van der Waals surface area contributed by atoms with Gasteiger partial charge in [0.2, 0.25) is 0 Å². The topological polar surface area (TPSA) is 40.5 Å². The lowest BCUT2D eigenvalue weighted by atomic mass is 9.92. The minimum Gasteiger partial charge on any atom is -0.395 e. The fourth-order valence-electron chi connectivity index (χ4n) is 2.20. The second-order valence-electron chi connectivity index (χ2n) is 4.28. The molecule has 0 aromatic heterocycles. The molecule has 3 heteroatoms. The first-order valence-corrected chi connectivity index (χ1v) is 5.56. The third kappa shape index (κ3) is 2.79. The molecule has 0 saturated heterocycles. The Morgan fingerprint density at radius 1 is 1.50 bits per heavy atom. The van der Waals surface area contributed by atoms with E-state index in [0.29, 0.717) is 18.4 Å². The van der Waals surface area contributed by atoms with Crippen molar-refractivity contribution in [2.24, 2.45) is 0 Å². The third-order valence-electron chi connectivity index (χ3n) is 2.94. The van der Waals surface area contributed by atoms with Gasteiger partial charge in [0.15, 0.2) is 0 Å². The molecule has 1 aliphatic carbocycles. The SMILES string of the molecule is CC(C)N(CCO)C1CCCCC1=O. The lowest BCUT2D eigenvalue weighted by Crippen LogP contribution is -2.47. The molecule has 0 aliphatic heterocycles. The molecule has 0 heterocycles. The maximum Gasteiger partial charge on any atom is 0.149 e. The third-order valence-corrected chi connectivity index (χ3v) is 2.94. The highest BCUT2D eigenvalue weighted by molar-refractivity contribution is 5.84. The van der Waals surface area contributed by atoms with Crippen molar-refractivity contribution in [2.45, 2.75) is 51.6 Å². The summed E-state index contributed by atoms with van der Waals surface area (Å²) in [5, 5.41) is 8.95. The molecule has 0 aromatic rings. The van der Waals surface area contributed by atoms with Crippen LogP contribution in [0.15, 0.2) is 0 Å². The van der Waals surface area contributed by atoms with Crippen LogP contribution >= 0.6 is 0 Å². The van der Waals surface area contributed by atoms with Crippen molar-refractivity contribution in [3.8, 4) is 0 Å². The summed E-state index contributed by atoms with van der Waals surface area (Å²) in [7, 11) is 0. The second kappa shape index (κ2) is 5.47. The zero-order valence-corrected chi connectivity index (χ0v) is 9.20. The second-order valence-corrected chi connectivity index (χ2v) is 4.28. The molecule has 0 spiro atoms. The van der Waals surface area contributed by atoms with Crippen LogP contribution in [0.25, 0.3) is 0 Å². The van der Waals surface area contributed by atoms with E-state index >= 15 is 0 Å². The molecule has 1 saturated carbocycles. The quantitative estimate of drug-likeness (QED) is 0.739. The van der Waals surface area contributed by atoms with Gasteiger partial charge in [0.05, 0.1) is 12.6 Å². The molecule has 14 heavy (non-hydrogen) atoms. The van der Waals surface area contributed by atoms with Gasteiger partial charge in [-0.2, -0.15) is 0 Å². The average Bonchev–Trinajstić information content (AvgIpc) is 2.15. The van der Waals surface area contributed by atoms with Crippen LogP contribution in [0.4, 0.5) is 0 Å². The summed E-state index contributed by atoms with van der Waals surface area (Å²) in [6.07, 6.45) is 3.88. The van der Waals surface area contributed by atoms with Gasteiger partial charge in [-0.05, 0) is 26.7 Å². The van der Waals surface area contributed by atoms with Gasteiger partial charge < -0.3 is 5.11 Å². The van der Waals surface area contributed by atoms with Crippen LogP contribution in [-0.4, -0.2) is 41.0 Å². The fraction of sp³-hybridized carbons (Fsp3) is 0.909. The molecular formula is C11H21NO2. The minimum atomic E-state index is 0.0656. The van der Waals surface area contributed by atoms with Crippen molar-refractivity contribution in [3.05, 3.63) is 0 Å². The highest BCUT2D eigenvalue weighted by Crippen LogP contribution is 2.21. The highest BCUT2D eigenvalue weighted by Gasteiger charge is 2.29. The molecule has 1 N–H and O–H groups in total. The number of carbonyl (C=O) groups excluding carboxylic acids is 1. The van der Waals surface area contributed by atoms with Crippen molar-refractivity contribution in [1.29, 1.82) is 0 Å². The number of carbonyl (C=O) groups is 1. The van der Waals surface area contributed by atoms with E-state index < -0.39 is 0 Å². The molecular weight excluding hydrogens is 178 g/mol. The number of Topliss-reactive ketones (excluding diaryl/α,β-unsaturated/α-hetero) is 1. The Balaban J connectivity index is 2.60. The Labute approximate surface area is 86.1 Å². The van der Waals surface area contributed by atoms with Gasteiger partial charge in [0, 0.05) is 19.0 Å². The van der Waals surface area contributed by atoms with Gasteiger partial charge in [0.1, 0.15) is 5.78 Å². The molecule has 0 radical (unpaired) electrons. The predicted molar refractivity (Wildman–Crippen MR) is 56.2 cm³/mol. The van der Waals surface area contributed by atoms with E-state index in [0.717, 1.165) is 25.7 Å². The maximum absolute atomic E-state index is 11.7. The normalized spacial score (nSPS) is 23.5. The first-order valence-electron chi connectivity index (χ1n) is 5.56. The summed E-state index contributed by atoms with van der Waals surface area (Å²) in [6, 6.07) is 0.407. The lowest BCUT2D eigenvalue weighted by Gasteiger charge is -2.35. The Kier molecular flexibility index (Phi) is 4.55. The molecule has 1 unspecified atom stereocenters. The van der Waals surface area contributed by atoms with E-state index in [9.17, 15) is 4.79 Å². The zero-order chi connectivity index (χ0) is 10.6. The summed E-state index contributed by atoms with van der Waals surface area (Å²) in [4.78, 5) is 13.8. The number of ketones is 1. The Bertz CT molecular complexity index is 192. The molecule has 0 amide bonds. The first-order chi connectivity index (χ1) is 6.66. The van der Waals surface area contributed by atoms with Crippen molar-refractivity contribution in [2.75, 3.05) is 13.2 Å². The van der Waals surface area contributed by atoms with Crippen LogP contribution < -0.4 is 0 Å². The standard InChI is InChI=1S/C11H21NO2/c1-9(2)12(7-8-13)10-5-3-4-6-11(10)14/h9-10,13H,3-8H2,1-2H3. The predicted octanol–water partition coefficient (Wildman–Crippen LogP) is 1.20. The Morgan fingerprint density at radius 3 is 2.71 bits per heavy atom. The monoisotopic (exact) mass is 199 g/mol. The van der Waals surface area contributed by atoms with Gasteiger partial charge in [-0.15, -0.1) is 0 Å². The number of hydrogen-bond acceptors (Lipinski definition) is 3. The molecule has 0 aromatic carbocycles. The maximum atomic E-state index is 11.7. The van der Waals surface area contributed by atoms with E-state index in [1.54, 1.807) is 0 Å². The highest BCUT2D eigenvalue weighted by atomic mass is 16.3. The largest absolute Gasteiger partial charge is 0.395 e. The minimum absolute atomic E-state index is 0.0656. The van der Waals surface area contributed by atoms with Crippen molar-refractivity contribution >= 4 is 5.78 Å². The molecule has 1 fully saturated rings. The number of aliphatic hydroxyl groups excluding tert-OH is 1. The fourth-order valence-corrected chi connectivity index (χ4v) is 2.20. The molecule has 1 aliphatic rings. The van der Waals surface area contributed by atoms with Crippen molar-refractivity contribution in [1.82, 2.24) is 4.90 Å². The Hall–Kier alpha value is -0.410. The average molecular weight is 199 g/mol. The number of aliphatic hydroxyl groups is 1. The van der Waals surface area contributed by atoms with Crippen LogP contribution in [-0.2, 0) is 4.79 Å². The molecule has 1 rings (SSSR count). The molecule has 0 bridgehead atoms. The summed E-state index contributed by atoms with van der Waals surface area (Å²) in [5.41, 5.74) is 0. The van der Waals surface area contributed by atoms with Gasteiger partial charge >= 0.3 is 0 Å². The van der Waals surface area contributed by atoms with Crippen LogP contribution in [0.1, 0.15) is 39.5 Å². The van der Waals surface area contributed by atoms with Crippen molar-refractivity contribution < 1.29 is 9.90 Å². The molecule has 1 atom stereocenters. The van der Waals surface area contributed by atoms with Gasteiger partial charge in [0.25, 0.3) is 0 Å². The van der Waals surface area contributed by atoms with Gasteiger partial charge in [-0.25, -0.2) is 0 Å². The first kappa shape index (κ1) is 11.7.